The summed E-state index contributed by atoms with van der Waals surface area (Å²) in [6.45, 7) is 3.86. The SMILES string of the molecule is CNC(=O)N1N=C(c2ccc(N3C[C@H]4CC[C@@H](C3)O4)cc2)c2cc(OC)c(OC)cc2C[C@H]1C. The molecular weight excluding hydrogens is 432 g/mol. The highest BCUT2D eigenvalue weighted by Gasteiger charge is 2.34. The van der Waals surface area contributed by atoms with Crippen molar-refractivity contribution < 1.29 is 19.0 Å². The van der Waals surface area contributed by atoms with Gasteiger partial charge in [-0.3, -0.25) is 0 Å². The molecule has 180 valence electrons. The molecule has 2 amide bonds. The second kappa shape index (κ2) is 9.18. The van der Waals surface area contributed by atoms with Crippen molar-refractivity contribution in [2.75, 3.05) is 39.3 Å². The number of ether oxygens (including phenoxy) is 3. The number of hydrogen-bond donors (Lipinski definition) is 1. The van der Waals surface area contributed by atoms with Crippen LogP contribution in [0.25, 0.3) is 0 Å². The van der Waals surface area contributed by atoms with Crippen LogP contribution in [0.15, 0.2) is 41.5 Å². The van der Waals surface area contributed by atoms with Gasteiger partial charge in [0.15, 0.2) is 11.5 Å². The van der Waals surface area contributed by atoms with Gasteiger partial charge < -0.3 is 24.4 Å². The molecule has 3 heterocycles. The van der Waals surface area contributed by atoms with Crippen LogP contribution in [0.5, 0.6) is 11.5 Å². The first kappa shape index (κ1) is 22.5. The first-order valence-electron chi connectivity index (χ1n) is 11.9. The summed E-state index contributed by atoms with van der Waals surface area (Å²) in [5, 5.41) is 9.10. The number of amides is 2. The van der Waals surface area contributed by atoms with Crippen LogP contribution in [0.2, 0.25) is 0 Å². The Morgan fingerprint density at radius 2 is 1.71 bits per heavy atom. The second-order valence-electron chi connectivity index (χ2n) is 9.18. The molecule has 2 aromatic carbocycles. The minimum absolute atomic E-state index is 0.127. The summed E-state index contributed by atoms with van der Waals surface area (Å²) >= 11 is 0. The summed E-state index contributed by atoms with van der Waals surface area (Å²) in [5.74, 6) is 1.30. The molecule has 1 N–H and O–H groups in total. The number of morpholine rings is 1. The lowest BCUT2D eigenvalue weighted by atomic mass is 9.94. The molecule has 0 spiro atoms. The Hall–Kier alpha value is -3.26. The van der Waals surface area contributed by atoms with Crippen molar-refractivity contribution in [3.05, 3.63) is 53.1 Å². The van der Waals surface area contributed by atoms with Gasteiger partial charge in [0, 0.05) is 37.0 Å². The number of rotatable bonds is 4. The van der Waals surface area contributed by atoms with E-state index >= 15 is 0 Å². The Morgan fingerprint density at radius 3 is 2.32 bits per heavy atom. The highest BCUT2D eigenvalue weighted by atomic mass is 16.5. The lowest BCUT2D eigenvalue weighted by Crippen LogP contribution is -2.42. The van der Waals surface area contributed by atoms with Crippen LogP contribution in [0.3, 0.4) is 0 Å². The number of urea groups is 1. The monoisotopic (exact) mass is 464 g/mol. The van der Waals surface area contributed by atoms with E-state index in [-0.39, 0.29) is 12.1 Å². The lowest BCUT2D eigenvalue weighted by Gasteiger charge is -2.34. The summed E-state index contributed by atoms with van der Waals surface area (Å²) in [4.78, 5) is 15.1. The molecule has 0 radical (unpaired) electrons. The van der Waals surface area contributed by atoms with Gasteiger partial charge in [0.25, 0.3) is 0 Å². The van der Waals surface area contributed by atoms with Crippen LogP contribution < -0.4 is 19.7 Å². The van der Waals surface area contributed by atoms with E-state index in [1.165, 1.54) is 10.7 Å². The quantitative estimate of drug-likeness (QED) is 0.751. The molecule has 0 aromatic heterocycles. The van der Waals surface area contributed by atoms with Crippen LogP contribution in [-0.2, 0) is 11.2 Å². The molecule has 2 aromatic rings. The summed E-state index contributed by atoms with van der Waals surface area (Å²) in [6.07, 6.45) is 3.60. The molecule has 34 heavy (non-hydrogen) atoms. The number of methoxy groups -OCH3 is 2. The number of hydrogen-bond acceptors (Lipinski definition) is 6. The van der Waals surface area contributed by atoms with E-state index in [1.807, 2.05) is 19.1 Å². The van der Waals surface area contributed by atoms with E-state index in [1.54, 1.807) is 21.3 Å². The highest BCUT2D eigenvalue weighted by molar-refractivity contribution is 6.14. The number of fused-ring (bicyclic) bond motifs is 3. The third-order valence-corrected chi connectivity index (χ3v) is 6.98. The fourth-order valence-corrected chi connectivity index (χ4v) is 5.20. The average Bonchev–Trinajstić information content (AvgIpc) is 3.13. The number of hydrazone groups is 1. The van der Waals surface area contributed by atoms with Crippen LogP contribution in [0, 0.1) is 0 Å². The summed E-state index contributed by atoms with van der Waals surface area (Å²) in [7, 11) is 4.88. The first-order chi connectivity index (χ1) is 16.5. The van der Waals surface area contributed by atoms with Gasteiger partial charge >= 0.3 is 6.03 Å². The summed E-state index contributed by atoms with van der Waals surface area (Å²) < 4.78 is 17.1. The number of anilines is 1. The van der Waals surface area contributed by atoms with E-state index in [0.29, 0.717) is 30.1 Å². The third-order valence-electron chi connectivity index (χ3n) is 6.98. The molecule has 3 aliphatic rings. The molecule has 8 heteroatoms. The summed E-state index contributed by atoms with van der Waals surface area (Å²) in [5.41, 5.74) is 4.85. The zero-order valence-electron chi connectivity index (χ0n) is 20.2. The van der Waals surface area contributed by atoms with Crippen LogP contribution in [0.4, 0.5) is 10.5 Å². The van der Waals surface area contributed by atoms with Crippen LogP contribution in [-0.4, -0.2) is 69.4 Å². The molecule has 5 rings (SSSR count). The van der Waals surface area contributed by atoms with E-state index in [4.69, 9.17) is 19.3 Å². The normalized spacial score (nSPS) is 23.6. The lowest BCUT2D eigenvalue weighted by molar-refractivity contribution is 0.0305. The fraction of sp³-hybridized carbons (Fsp3) is 0.462. The molecule has 3 aliphatic heterocycles. The molecule has 2 bridgehead atoms. The zero-order valence-corrected chi connectivity index (χ0v) is 20.2. The number of nitrogens with one attached hydrogen (secondary N) is 1. The van der Waals surface area contributed by atoms with E-state index in [9.17, 15) is 4.79 Å². The number of carbonyl (C=O) groups excluding carboxylic acids is 1. The van der Waals surface area contributed by atoms with Gasteiger partial charge in [0.2, 0.25) is 0 Å². The Balaban J connectivity index is 1.55. The average molecular weight is 465 g/mol. The van der Waals surface area contributed by atoms with Crippen molar-refractivity contribution in [1.29, 1.82) is 0 Å². The predicted octanol–water partition coefficient (Wildman–Crippen LogP) is 3.41. The number of benzene rings is 2. The Labute approximate surface area is 200 Å². The highest BCUT2D eigenvalue weighted by Crippen LogP contribution is 2.35. The zero-order chi connectivity index (χ0) is 23.8. The van der Waals surface area contributed by atoms with Gasteiger partial charge in [0.1, 0.15) is 0 Å². The van der Waals surface area contributed by atoms with Gasteiger partial charge in [0.05, 0.1) is 38.2 Å². The van der Waals surface area contributed by atoms with Crippen molar-refractivity contribution in [3.63, 3.8) is 0 Å². The van der Waals surface area contributed by atoms with Gasteiger partial charge in [-0.25, -0.2) is 9.80 Å². The minimum atomic E-state index is -0.239. The van der Waals surface area contributed by atoms with Gasteiger partial charge in [-0.1, -0.05) is 12.1 Å². The Morgan fingerprint density at radius 1 is 1.06 bits per heavy atom. The van der Waals surface area contributed by atoms with Crippen molar-refractivity contribution in [2.24, 2.45) is 5.10 Å². The maximum absolute atomic E-state index is 12.7. The standard InChI is InChI=1S/C26H32N4O4/c1-16-11-18-12-23(32-3)24(33-4)13-22(18)25(28-30(16)26(31)27-2)17-5-7-19(8-6-17)29-14-20-9-10-21(15-29)34-20/h5-8,12-13,16,20-21H,9-11,14-15H2,1-4H3,(H,27,31)/t16-,20-,21+/m1/s1. The Kier molecular flexibility index (Phi) is 6.08. The molecular formula is C26H32N4O4. The molecule has 2 fully saturated rings. The van der Waals surface area contributed by atoms with Gasteiger partial charge in [-0.15, -0.1) is 0 Å². The van der Waals surface area contributed by atoms with E-state index in [0.717, 1.165) is 48.3 Å². The van der Waals surface area contributed by atoms with Crippen molar-refractivity contribution >= 4 is 17.4 Å². The van der Waals surface area contributed by atoms with Crippen molar-refractivity contribution in [3.8, 4) is 11.5 Å². The van der Waals surface area contributed by atoms with E-state index in [2.05, 4.69) is 34.5 Å². The maximum Gasteiger partial charge on any atom is 0.337 e. The molecule has 3 atom stereocenters. The largest absolute Gasteiger partial charge is 0.493 e. The third kappa shape index (κ3) is 4.07. The predicted molar refractivity (Wildman–Crippen MR) is 131 cm³/mol. The van der Waals surface area contributed by atoms with E-state index < -0.39 is 0 Å². The molecule has 8 nitrogen and oxygen atoms in total. The Bertz CT molecular complexity index is 1090. The minimum Gasteiger partial charge on any atom is -0.493 e. The van der Waals surface area contributed by atoms with Gasteiger partial charge in [-0.2, -0.15) is 5.10 Å². The summed E-state index contributed by atoms with van der Waals surface area (Å²) in [6, 6.07) is 12.0. The maximum atomic E-state index is 12.7. The van der Waals surface area contributed by atoms with Crippen molar-refractivity contribution in [2.45, 2.75) is 44.4 Å². The molecule has 2 saturated heterocycles. The van der Waals surface area contributed by atoms with Crippen LogP contribution in [0.1, 0.15) is 36.5 Å². The van der Waals surface area contributed by atoms with Crippen LogP contribution >= 0.6 is 0 Å². The number of nitrogens with zero attached hydrogens (tertiary/aromatic N) is 3. The first-order valence-corrected chi connectivity index (χ1v) is 11.9. The van der Waals surface area contributed by atoms with Crippen molar-refractivity contribution in [1.82, 2.24) is 10.3 Å². The topological polar surface area (TPSA) is 75.6 Å². The number of carbonyl (C=O) groups is 1. The second-order valence-corrected chi connectivity index (χ2v) is 9.18. The smallest absolute Gasteiger partial charge is 0.337 e. The molecule has 0 aliphatic carbocycles. The fourth-order valence-electron chi connectivity index (χ4n) is 5.20. The molecule has 0 unspecified atom stereocenters. The molecule has 0 saturated carbocycles. The van der Waals surface area contributed by atoms with Gasteiger partial charge in [-0.05, 0) is 56.0 Å².